The van der Waals surface area contributed by atoms with Crippen molar-refractivity contribution in [3.8, 4) is 11.3 Å². The third kappa shape index (κ3) is 4.26. The summed E-state index contributed by atoms with van der Waals surface area (Å²) in [6.07, 6.45) is 4.68. The summed E-state index contributed by atoms with van der Waals surface area (Å²) in [4.78, 5) is 7.32. The summed E-state index contributed by atoms with van der Waals surface area (Å²) >= 11 is 0. The number of benzene rings is 2. The van der Waals surface area contributed by atoms with Crippen LogP contribution in [0.1, 0.15) is 48.5 Å². The Hall–Kier alpha value is -2.23. The van der Waals surface area contributed by atoms with Crippen LogP contribution in [0, 0.1) is 13.8 Å². The lowest BCUT2D eigenvalue weighted by Gasteiger charge is -2.23. The first kappa shape index (κ1) is 19.1. The fourth-order valence-corrected chi connectivity index (χ4v) is 4.19. The summed E-state index contributed by atoms with van der Waals surface area (Å²) in [5.41, 5.74) is 6.52. The Kier molecular flexibility index (Phi) is 5.74. The molecule has 1 aromatic heterocycles. The zero-order valence-corrected chi connectivity index (χ0v) is 17.0. The largest absolute Gasteiger partial charge is 0.387 e. The van der Waals surface area contributed by atoms with E-state index in [0.717, 1.165) is 52.9 Å². The van der Waals surface area contributed by atoms with Gasteiger partial charge in [-0.25, -0.2) is 4.98 Å². The van der Waals surface area contributed by atoms with Crippen molar-refractivity contribution in [2.24, 2.45) is 0 Å². The van der Waals surface area contributed by atoms with Crippen molar-refractivity contribution < 1.29 is 5.11 Å². The molecule has 0 aliphatic carbocycles. The van der Waals surface area contributed by atoms with Crippen molar-refractivity contribution in [2.45, 2.75) is 45.6 Å². The van der Waals surface area contributed by atoms with Crippen molar-refractivity contribution in [1.29, 1.82) is 0 Å². The fraction of sp³-hybridized carbons (Fsp3) is 0.400. The number of nitrogens with zero attached hydrogens (tertiary/aromatic N) is 2. The van der Waals surface area contributed by atoms with E-state index < -0.39 is 6.10 Å². The first-order valence-corrected chi connectivity index (χ1v) is 10.5. The normalized spacial score (nSPS) is 16.8. The van der Waals surface area contributed by atoms with E-state index in [9.17, 15) is 5.11 Å². The van der Waals surface area contributed by atoms with Crippen molar-refractivity contribution >= 4 is 10.9 Å². The topological polar surface area (TPSA) is 36.4 Å². The Morgan fingerprint density at radius 3 is 2.36 bits per heavy atom. The smallest absolute Gasteiger partial charge is 0.0917 e. The molecule has 3 aromatic rings. The molecule has 3 heteroatoms. The Morgan fingerprint density at radius 2 is 1.64 bits per heavy atom. The molecule has 1 fully saturated rings. The number of hydrogen-bond donors (Lipinski definition) is 1. The number of aryl methyl sites for hydroxylation is 2. The number of likely N-dealkylation sites (tertiary alicyclic amines) is 1. The molecule has 0 radical (unpaired) electrons. The predicted molar refractivity (Wildman–Crippen MR) is 117 cm³/mol. The van der Waals surface area contributed by atoms with Crippen LogP contribution >= 0.6 is 0 Å². The monoisotopic (exact) mass is 374 g/mol. The molecule has 1 atom stereocenters. The molecule has 1 N–H and O–H groups in total. The van der Waals surface area contributed by atoms with Crippen molar-refractivity contribution in [3.05, 3.63) is 65.2 Å². The molecule has 28 heavy (non-hydrogen) atoms. The average Bonchev–Trinajstić information content (AvgIpc) is 2.97. The van der Waals surface area contributed by atoms with Gasteiger partial charge in [0.05, 0.1) is 17.3 Å². The van der Waals surface area contributed by atoms with Gasteiger partial charge in [0.1, 0.15) is 0 Å². The summed E-state index contributed by atoms with van der Waals surface area (Å²) in [6, 6.07) is 16.9. The molecule has 1 aliphatic heterocycles. The summed E-state index contributed by atoms with van der Waals surface area (Å²) in [7, 11) is 0. The fourth-order valence-electron chi connectivity index (χ4n) is 4.19. The molecule has 4 rings (SSSR count). The molecule has 2 heterocycles. The molecule has 3 nitrogen and oxygen atoms in total. The highest BCUT2D eigenvalue weighted by atomic mass is 16.3. The molecule has 0 spiro atoms. The van der Waals surface area contributed by atoms with Gasteiger partial charge in [0.25, 0.3) is 0 Å². The van der Waals surface area contributed by atoms with E-state index in [1.807, 2.05) is 0 Å². The van der Waals surface area contributed by atoms with Crippen LogP contribution in [0.5, 0.6) is 0 Å². The summed E-state index contributed by atoms with van der Waals surface area (Å²) < 4.78 is 0. The minimum absolute atomic E-state index is 0.446. The Bertz CT molecular complexity index is 941. The van der Waals surface area contributed by atoms with Crippen LogP contribution in [-0.4, -0.2) is 34.6 Å². The van der Waals surface area contributed by atoms with Crippen LogP contribution in [-0.2, 0) is 0 Å². The van der Waals surface area contributed by atoms with E-state index in [1.165, 1.54) is 31.2 Å². The standard InChI is InChI=1S/C25H30N2O/c1-18-7-9-20(10-8-18)23-12-11-21-16-22(15-19(2)25(21)26-23)24(28)17-27-13-5-3-4-6-14-27/h7-12,15-16,24,28H,3-6,13-14,17H2,1-2H3. The Balaban J connectivity index is 1.59. The van der Waals surface area contributed by atoms with Crippen LogP contribution in [0.2, 0.25) is 0 Å². The quantitative estimate of drug-likeness (QED) is 0.662. The number of rotatable bonds is 4. The minimum Gasteiger partial charge on any atom is -0.387 e. The molecular formula is C25H30N2O. The third-order valence-corrected chi connectivity index (χ3v) is 5.87. The number of pyridine rings is 1. The lowest BCUT2D eigenvalue weighted by atomic mass is 10.0. The molecule has 1 aliphatic rings. The zero-order chi connectivity index (χ0) is 19.5. The highest BCUT2D eigenvalue weighted by Crippen LogP contribution is 2.27. The lowest BCUT2D eigenvalue weighted by molar-refractivity contribution is 0.115. The van der Waals surface area contributed by atoms with E-state index in [1.54, 1.807) is 0 Å². The van der Waals surface area contributed by atoms with E-state index in [4.69, 9.17) is 4.98 Å². The van der Waals surface area contributed by atoms with Crippen LogP contribution in [0.15, 0.2) is 48.5 Å². The molecule has 0 saturated carbocycles. The van der Waals surface area contributed by atoms with Gasteiger partial charge in [-0.3, -0.25) is 0 Å². The number of aliphatic hydroxyl groups is 1. The van der Waals surface area contributed by atoms with Gasteiger partial charge < -0.3 is 10.0 Å². The van der Waals surface area contributed by atoms with E-state index >= 15 is 0 Å². The number of aliphatic hydroxyl groups excluding tert-OH is 1. The zero-order valence-electron chi connectivity index (χ0n) is 17.0. The highest BCUT2D eigenvalue weighted by Gasteiger charge is 2.16. The second kappa shape index (κ2) is 8.42. The van der Waals surface area contributed by atoms with E-state index in [0.29, 0.717) is 0 Å². The number of hydrogen-bond acceptors (Lipinski definition) is 3. The second-order valence-corrected chi connectivity index (χ2v) is 8.20. The summed E-state index contributed by atoms with van der Waals surface area (Å²) in [6.45, 7) is 7.12. The first-order chi connectivity index (χ1) is 13.6. The number of fused-ring (bicyclic) bond motifs is 1. The van der Waals surface area contributed by atoms with Crippen LogP contribution < -0.4 is 0 Å². The number of β-amino-alcohol motifs (C(OH)–C–C–N with tert-alkyl or cyclic N) is 1. The van der Waals surface area contributed by atoms with Gasteiger partial charge in [-0.2, -0.15) is 0 Å². The number of aromatic nitrogens is 1. The maximum absolute atomic E-state index is 10.8. The van der Waals surface area contributed by atoms with Gasteiger partial charge in [0.15, 0.2) is 0 Å². The maximum atomic E-state index is 10.8. The van der Waals surface area contributed by atoms with Crippen molar-refractivity contribution in [1.82, 2.24) is 9.88 Å². The molecular weight excluding hydrogens is 344 g/mol. The van der Waals surface area contributed by atoms with Crippen LogP contribution in [0.3, 0.4) is 0 Å². The van der Waals surface area contributed by atoms with Crippen LogP contribution in [0.4, 0.5) is 0 Å². The van der Waals surface area contributed by atoms with Gasteiger partial charge in [0, 0.05) is 17.5 Å². The van der Waals surface area contributed by atoms with E-state index in [2.05, 4.69) is 67.3 Å². The predicted octanol–water partition coefficient (Wildman–Crippen LogP) is 5.43. The van der Waals surface area contributed by atoms with Gasteiger partial charge in [-0.1, -0.05) is 54.8 Å². The molecule has 1 unspecified atom stereocenters. The van der Waals surface area contributed by atoms with Gasteiger partial charge in [0.2, 0.25) is 0 Å². The first-order valence-electron chi connectivity index (χ1n) is 10.5. The maximum Gasteiger partial charge on any atom is 0.0917 e. The molecule has 0 bridgehead atoms. The summed E-state index contributed by atoms with van der Waals surface area (Å²) in [5.74, 6) is 0. The Labute approximate surface area is 168 Å². The average molecular weight is 375 g/mol. The van der Waals surface area contributed by atoms with E-state index in [-0.39, 0.29) is 0 Å². The van der Waals surface area contributed by atoms with Gasteiger partial charge in [-0.05, 0) is 63.0 Å². The SMILES string of the molecule is Cc1ccc(-c2ccc3cc(C(O)CN4CCCCCC4)cc(C)c3n2)cc1. The summed E-state index contributed by atoms with van der Waals surface area (Å²) in [5, 5.41) is 11.9. The lowest BCUT2D eigenvalue weighted by Crippen LogP contribution is -2.29. The van der Waals surface area contributed by atoms with Gasteiger partial charge in [-0.15, -0.1) is 0 Å². The van der Waals surface area contributed by atoms with Crippen LogP contribution in [0.25, 0.3) is 22.2 Å². The van der Waals surface area contributed by atoms with Gasteiger partial charge >= 0.3 is 0 Å². The highest BCUT2D eigenvalue weighted by molar-refractivity contribution is 5.85. The minimum atomic E-state index is -0.446. The molecule has 146 valence electrons. The third-order valence-electron chi connectivity index (χ3n) is 5.87. The van der Waals surface area contributed by atoms with Crippen molar-refractivity contribution in [3.63, 3.8) is 0 Å². The Morgan fingerprint density at radius 1 is 0.929 bits per heavy atom. The molecule has 0 amide bonds. The second-order valence-electron chi connectivity index (χ2n) is 8.20. The van der Waals surface area contributed by atoms with Crippen molar-refractivity contribution in [2.75, 3.05) is 19.6 Å². The molecule has 1 saturated heterocycles. The molecule has 2 aromatic carbocycles.